The van der Waals surface area contributed by atoms with Crippen molar-refractivity contribution in [2.24, 2.45) is 0 Å². The van der Waals surface area contributed by atoms with Gasteiger partial charge in [-0.15, -0.1) is 0 Å². The lowest BCUT2D eigenvalue weighted by Crippen LogP contribution is -2.37. The summed E-state index contributed by atoms with van der Waals surface area (Å²) in [5.74, 6) is 1.45. The van der Waals surface area contributed by atoms with Crippen molar-refractivity contribution in [3.63, 3.8) is 0 Å². The Kier molecular flexibility index (Phi) is 3.15. The van der Waals surface area contributed by atoms with Gasteiger partial charge in [-0.05, 0) is 42.2 Å². The molecule has 5 nitrogen and oxygen atoms in total. The number of nitrogens with two attached hydrogens (primary N) is 1. The first-order valence-corrected chi connectivity index (χ1v) is 7.19. The van der Waals surface area contributed by atoms with Crippen molar-refractivity contribution in [2.45, 2.75) is 31.3 Å². The molecule has 0 amide bonds. The van der Waals surface area contributed by atoms with Crippen LogP contribution in [0.3, 0.4) is 0 Å². The molecule has 0 aromatic carbocycles. The van der Waals surface area contributed by atoms with Crippen LogP contribution >= 0.6 is 15.9 Å². The fourth-order valence-electron chi connectivity index (χ4n) is 3.10. The number of nitrogen functional groups attached to an aromatic ring is 1. The summed E-state index contributed by atoms with van der Waals surface area (Å²) < 4.78 is 0.824. The SMILES string of the molecule is CN1C2CCC1CN(c1ncnc(N)c1Br)CC2. The highest BCUT2D eigenvalue weighted by atomic mass is 79.9. The van der Waals surface area contributed by atoms with E-state index in [0.717, 1.165) is 29.4 Å². The zero-order valence-electron chi connectivity index (χ0n) is 10.5. The summed E-state index contributed by atoms with van der Waals surface area (Å²) in [5.41, 5.74) is 5.83. The summed E-state index contributed by atoms with van der Waals surface area (Å²) >= 11 is 3.50. The van der Waals surface area contributed by atoms with Gasteiger partial charge < -0.3 is 10.6 Å². The van der Waals surface area contributed by atoms with Gasteiger partial charge in [-0.3, -0.25) is 4.90 Å². The molecule has 2 saturated heterocycles. The van der Waals surface area contributed by atoms with Crippen LogP contribution in [0, 0.1) is 0 Å². The number of anilines is 2. The van der Waals surface area contributed by atoms with Crippen LogP contribution in [-0.4, -0.2) is 47.1 Å². The molecule has 2 atom stereocenters. The third-order valence-electron chi connectivity index (χ3n) is 4.25. The number of rotatable bonds is 1. The molecule has 1 aromatic heterocycles. The van der Waals surface area contributed by atoms with Crippen molar-refractivity contribution in [2.75, 3.05) is 30.8 Å². The molecule has 2 fully saturated rings. The Morgan fingerprint density at radius 2 is 2.06 bits per heavy atom. The average molecular weight is 312 g/mol. The summed E-state index contributed by atoms with van der Waals surface area (Å²) in [6, 6.07) is 1.37. The molecule has 0 saturated carbocycles. The van der Waals surface area contributed by atoms with Crippen molar-refractivity contribution < 1.29 is 0 Å². The summed E-state index contributed by atoms with van der Waals surface area (Å²) in [6.07, 6.45) is 5.36. The lowest BCUT2D eigenvalue weighted by Gasteiger charge is -2.27. The van der Waals surface area contributed by atoms with E-state index in [9.17, 15) is 0 Å². The predicted molar refractivity (Wildman–Crippen MR) is 75.5 cm³/mol. The molecular weight excluding hydrogens is 294 g/mol. The summed E-state index contributed by atoms with van der Waals surface area (Å²) in [5, 5.41) is 0. The van der Waals surface area contributed by atoms with Gasteiger partial charge in [0.2, 0.25) is 0 Å². The number of likely N-dealkylation sites (N-methyl/N-ethyl adjacent to an activating group) is 1. The summed E-state index contributed by atoms with van der Waals surface area (Å²) in [7, 11) is 2.25. The Morgan fingerprint density at radius 1 is 1.28 bits per heavy atom. The van der Waals surface area contributed by atoms with Crippen LogP contribution in [0.1, 0.15) is 19.3 Å². The lowest BCUT2D eigenvalue weighted by molar-refractivity contribution is 0.254. The van der Waals surface area contributed by atoms with Crippen molar-refractivity contribution in [3.05, 3.63) is 10.8 Å². The van der Waals surface area contributed by atoms with Gasteiger partial charge in [0.1, 0.15) is 22.4 Å². The molecule has 1 aromatic rings. The smallest absolute Gasteiger partial charge is 0.148 e. The molecule has 2 N–H and O–H groups in total. The first-order chi connectivity index (χ1) is 8.66. The first-order valence-electron chi connectivity index (χ1n) is 6.39. The largest absolute Gasteiger partial charge is 0.383 e. The van der Waals surface area contributed by atoms with E-state index in [4.69, 9.17) is 5.73 Å². The number of nitrogens with zero attached hydrogens (tertiary/aromatic N) is 4. The van der Waals surface area contributed by atoms with Crippen LogP contribution in [-0.2, 0) is 0 Å². The Labute approximate surface area is 116 Å². The number of hydrogen-bond donors (Lipinski definition) is 1. The van der Waals surface area contributed by atoms with Gasteiger partial charge in [0.05, 0.1) is 0 Å². The highest BCUT2D eigenvalue weighted by Gasteiger charge is 2.35. The van der Waals surface area contributed by atoms with E-state index >= 15 is 0 Å². The molecule has 2 bridgehead atoms. The molecule has 6 heteroatoms. The maximum absolute atomic E-state index is 5.83. The second-order valence-corrected chi connectivity index (χ2v) is 5.97. The minimum atomic E-state index is 0.516. The van der Waals surface area contributed by atoms with Crippen LogP contribution in [0.25, 0.3) is 0 Å². The fraction of sp³-hybridized carbons (Fsp3) is 0.667. The van der Waals surface area contributed by atoms with Crippen LogP contribution in [0.2, 0.25) is 0 Å². The molecule has 2 aliphatic rings. The zero-order chi connectivity index (χ0) is 12.7. The predicted octanol–water partition coefficient (Wildman–Crippen LogP) is 1.49. The molecule has 0 radical (unpaired) electrons. The highest BCUT2D eigenvalue weighted by Crippen LogP contribution is 2.33. The summed E-state index contributed by atoms with van der Waals surface area (Å²) in [4.78, 5) is 13.2. The monoisotopic (exact) mass is 311 g/mol. The van der Waals surface area contributed by atoms with E-state index in [2.05, 4.69) is 42.7 Å². The zero-order valence-corrected chi connectivity index (χ0v) is 12.1. The maximum atomic E-state index is 5.83. The quantitative estimate of drug-likeness (QED) is 0.851. The molecular formula is C12H18BrN5. The maximum Gasteiger partial charge on any atom is 0.148 e. The van der Waals surface area contributed by atoms with Crippen LogP contribution in [0.5, 0.6) is 0 Å². The number of halogens is 1. The van der Waals surface area contributed by atoms with Gasteiger partial charge in [0.25, 0.3) is 0 Å². The van der Waals surface area contributed by atoms with Gasteiger partial charge in [-0.25, -0.2) is 9.97 Å². The van der Waals surface area contributed by atoms with E-state index in [1.165, 1.54) is 19.3 Å². The van der Waals surface area contributed by atoms with Gasteiger partial charge in [0, 0.05) is 25.2 Å². The van der Waals surface area contributed by atoms with Crippen molar-refractivity contribution >= 4 is 27.6 Å². The van der Waals surface area contributed by atoms with Gasteiger partial charge in [-0.1, -0.05) is 0 Å². The molecule has 3 heterocycles. The molecule has 98 valence electrons. The molecule has 2 aliphatic heterocycles. The Hall–Kier alpha value is -0.880. The second kappa shape index (κ2) is 4.66. The number of hydrogen-bond acceptors (Lipinski definition) is 5. The Balaban J connectivity index is 1.87. The standard InChI is InChI=1S/C12H18BrN5/c1-17-8-2-3-9(17)6-18(5-4-8)12-10(13)11(14)15-7-16-12/h7-9H,2-6H2,1H3,(H2,14,15,16). The van der Waals surface area contributed by atoms with E-state index in [1.54, 1.807) is 6.33 Å². The minimum absolute atomic E-state index is 0.516. The van der Waals surface area contributed by atoms with Crippen molar-refractivity contribution in [1.82, 2.24) is 14.9 Å². The third-order valence-corrected chi connectivity index (χ3v) is 5.01. The normalized spacial score (nSPS) is 28.4. The van der Waals surface area contributed by atoms with E-state index in [-0.39, 0.29) is 0 Å². The molecule has 2 unspecified atom stereocenters. The van der Waals surface area contributed by atoms with Crippen molar-refractivity contribution in [3.8, 4) is 0 Å². The second-order valence-electron chi connectivity index (χ2n) is 5.18. The lowest BCUT2D eigenvalue weighted by atomic mass is 10.1. The van der Waals surface area contributed by atoms with Gasteiger partial charge >= 0.3 is 0 Å². The first kappa shape index (κ1) is 12.2. The Bertz CT molecular complexity index is 452. The summed E-state index contributed by atoms with van der Waals surface area (Å²) in [6.45, 7) is 2.07. The van der Waals surface area contributed by atoms with Crippen molar-refractivity contribution in [1.29, 1.82) is 0 Å². The average Bonchev–Trinajstić information content (AvgIpc) is 2.58. The molecule has 3 rings (SSSR count). The fourth-order valence-corrected chi connectivity index (χ4v) is 3.55. The topological polar surface area (TPSA) is 58.3 Å². The van der Waals surface area contributed by atoms with Crippen LogP contribution in [0.4, 0.5) is 11.6 Å². The number of fused-ring (bicyclic) bond motifs is 2. The molecule has 0 aliphatic carbocycles. The van der Waals surface area contributed by atoms with E-state index in [1.807, 2.05) is 0 Å². The molecule has 18 heavy (non-hydrogen) atoms. The number of aromatic nitrogens is 2. The van der Waals surface area contributed by atoms with E-state index in [0.29, 0.717) is 11.9 Å². The highest BCUT2D eigenvalue weighted by molar-refractivity contribution is 9.10. The van der Waals surface area contributed by atoms with E-state index < -0.39 is 0 Å². The van der Waals surface area contributed by atoms with Gasteiger partial charge in [-0.2, -0.15) is 0 Å². The van der Waals surface area contributed by atoms with Gasteiger partial charge in [0.15, 0.2) is 0 Å². The van der Waals surface area contributed by atoms with Crippen LogP contribution in [0.15, 0.2) is 10.8 Å². The van der Waals surface area contributed by atoms with Crippen LogP contribution < -0.4 is 10.6 Å². The third kappa shape index (κ3) is 1.97. The minimum Gasteiger partial charge on any atom is -0.383 e. The Morgan fingerprint density at radius 3 is 2.89 bits per heavy atom. The molecule has 0 spiro atoms.